The van der Waals surface area contributed by atoms with Crippen LogP contribution in [0.4, 0.5) is 35.4 Å². The molecule has 12 heteroatoms. The summed E-state index contributed by atoms with van der Waals surface area (Å²) < 4.78 is 43.6. The van der Waals surface area contributed by atoms with Crippen LogP contribution in [0.2, 0.25) is 0 Å². The first-order chi connectivity index (χ1) is 17.6. The number of carbonyl (C=O) groups is 1. The number of anilines is 3. The number of likely N-dealkylation sites (tertiary alicyclic amines) is 1. The summed E-state index contributed by atoms with van der Waals surface area (Å²) >= 11 is 0. The van der Waals surface area contributed by atoms with E-state index in [4.69, 9.17) is 9.72 Å². The molecule has 0 bridgehead atoms. The highest BCUT2D eigenvalue weighted by atomic mass is 19.4. The SMILES string of the molecule is Cc1ccc(NC(=O)N2CC[C@H](CC(F)(F)F)C2)cc1-c1cc(NC[C@@H](C)O)nc(N2CCOCC2)n1. The van der Waals surface area contributed by atoms with E-state index in [1.54, 1.807) is 25.1 Å². The lowest BCUT2D eigenvalue weighted by Gasteiger charge is -2.27. The van der Waals surface area contributed by atoms with Crippen LogP contribution in [0.25, 0.3) is 11.3 Å². The number of ether oxygens (including phenoxy) is 1. The molecule has 2 aromatic rings. The van der Waals surface area contributed by atoms with Crippen molar-refractivity contribution in [3.05, 3.63) is 29.8 Å². The van der Waals surface area contributed by atoms with Gasteiger partial charge in [0, 0.05) is 56.5 Å². The lowest BCUT2D eigenvalue weighted by molar-refractivity contribution is -0.143. The Morgan fingerprint density at radius 2 is 1.97 bits per heavy atom. The van der Waals surface area contributed by atoms with Gasteiger partial charge in [0.2, 0.25) is 5.95 Å². The normalized spacial score (nSPS) is 19.1. The fourth-order valence-corrected chi connectivity index (χ4v) is 4.51. The van der Waals surface area contributed by atoms with Crippen molar-refractivity contribution in [3.8, 4) is 11.3 Å². The molecule has 37 heavy (non-hydrogen) atoms. The van der Waals surface area contributed by atoms with Crippen LogP contribution >= 0.6 is 0 Å². The molecule has 2 aliphatic rings. The molecular formula is C25H33F3N6O3. The zero-order valence-corrected chi connectivity index (χ0v) is 21.0. The van der Waals surface area contributed by atoms with Crippen molar-refractivity contribution in [1.29, 1.82) is 0 Å². The minimum Gasteiger partial charge on any atom is -0.392 e. The molecule has 2 amide bonds. The van der Waals surface area contributed by atoms with E-state index in [1.807, 2.05) is 17.9 Å². The quantitative estimate of drug-likeness (QED) is 0.507. The summed E-state index contributed by atoms with van der Waals surface area (Å²) in [5, 5.41) is 15.7. The first kappa shape index (κ1) is 26.9. The van der Waals surface area contributed by atoms with Gasteiger partial charge in [-0.3, -0.25) is 0 Å². The second-order valence-electron chi connectivity index (χ2n) is 9.65. The highest BCUT2D eigenvalue weighted by Crippen LogP contribution is 2.32. The van der Waals surface area contributed by atoms with E-state index in [0.29, 0.717) is 69.0 Å². The Kier molecular flexibility index (Phi) is 8.38. The Morgan fingerprint density at radius 1 is 1.22 bits per heavy atom. The third-order valence-corrected chi connectivity index (χ3v) is 6.44. The number of morpholine rings is 1. The smallest absolute Gasteiger partial charge is 0.389 e. The number of nitrogens with one attached hydrogen (secondary N) is 2. The first-order valence-corrected chi connectivity index (χ1v) is 12.4. The lowest BCUT2D eigenvalue weighted by Crippen LogP contribution is -2.37. The number of carbonyl (C=O) groups excluding carboxylic acids is 1. The average molecular weight is 523 g/mol. The molecule has 0 aliphatic carbocycles. The molecule has 0 spiro atoms. The van der Waals surface area contributed by atoms with E-state index in [-0.39, 0.29) is 6.54 Å². The number of urea groups is 1. The molecule has 1 aromatic carbocycles. The second-order valence-corrected chi connectivity index (χ2v) is 9.65. The summed E-state index contributed by atoms with van der Waals surface area (Å²) in [4.78, 5) is 25.6. The van der Waals surface area contributed by atoms with Gasteiger partial charge in [-0.1, -0.05) is 6.07 Å². The van der Waals surface area contributed by atoms with Gasteiger partial charge in [0.25, 0.3) is 0 Å². The number of nitrogens with zero attached hydrogens (tertiary/aromatic N) is 4. The maximum atomic E-state index is 12.8. The summed E-state index contributed by atoms with van der Waals surface area (Å²) in [5.41, 5.74) is 2.88. The lowest BCUT2D eigenvalue weighted by atomic mass is 10.0. The third kappa shape index (κ3) is 7.45. The molecule has 3 N–H and O–H groups in total. The van der Waals surface area contributed by atoms with Gasteiger partial charge in [-0.05, 0) is 43.9 Å². The van der Waals surface area contributed by atoms with E-state index in [2.05, 4.69) is 15.6 Å². The molecule has 202 valence electrons. The molecule has 2 aliphatic heterocycles. The van der Waals surface area contributed by atoms with Gasteiger partial charge >= 0.3 is 12.2 Å². The van der Waals surface area contributed by atoms with Crippen LogP contribution in [0.3, 0.4) is 0 Å². The number of hydrogen-bond acceptors (Lipinski definition) is 7. The number of aryl methyl sites for hydroxylation is 1. The maximum Gasteiger partial charge on any atom is 0.389 e. The highest BCUT2D eigenvalue weighted by Gasteiger charge is 2.36. The van der Waals surface area contributed by atoms with Gasteiger partial charge in [-0.25, -0.2) is 9.78 Å². The summed E-state index contributed by atoms with van der Waals surface area (Å²) in [6.45, 7) is 6.76. The van der Waals surface area contributed by atoms with Crippen LogP contribution in [-0.4, -0.2) is 84.2 Å². The van der Waals surface area contributed by atoms with Gasteiger partial charge in [0.15, 0.2) is 0 Å². The average Bonchev–Trinajstić information content (AvgIpc) is 3.31. The monoisotopic (exact) mass is 522 g/mol. The second kappa shape index (κ2) is 11.5. The maximum absolute atomic E-state index is 12.8. The molecule has 2 atom stereocenters. The molecule has 4 rings (SSSR count). The van der Waals surface area contributed by atoms with E-state index in [1.165, 1.54) is 4.90 Å². The largest absolute Gasteiger partial charge is 0.392 e. The Morgan fingerprint density at radius 3 is 2.68 bits per heavy atom. The number of aliphatic hydroxyl groups is 1. The fraction of sp³-hybridized carbons (Fsp3) is 0.560. The molecular weight excluding hydrogens is 489 g/mol. The Bertz CT molecular complexity index is 1090. The summed E-state index contributed by atoms with van der Waals surface area (Å²) in [5.74, 6) is 0.524. The number of rotatable bonds is 7. The summed E-state index contributed by atoms with van der Waals surface area (Å²) in [7, 11) is 0. The number of benzene rings is 1. The number of amides is 2. The van der Waals surface area contributed by atoms with Gasteiger partial charge in [0.1, 0.15) is 5.82 Å². The van der Waals surface area contributed by atoms with Gasteiger partial charge in [-0.2, -0.15) is 18.2 Å². The summed E-state index contributed by atoms with van der Waals surface area (Å²) in [6.07, 6.45) is -5.34. The predicted molar refractivity (Wildman–Crippen MR) is 135 cm³/mol. The van der Waals surface area contributed by atoms with Crippen LogP contribution in [0.5, 0.6) is 0 Å². The van der Waals surface area contributed by atoms with E-state index >= 15 is 0 Å². The number of aromatic nitrogens is 2. The van der Waals surface area contributed by atoms with Crippen molar-refractivity contribution in [2.45, 2.75) is 39.0 Å². The molecule has 1 aromatic heterocycles. The molecule has 0 unspecified atom stereocenters. The van der Waals surface area contributed by atoms with Gasteiger partial charge in [0.05, 0.1) is 25.0 Å². The molecule has 9 nitrogen and oxygen atoms in total. The fourth-order valence-electron chi connectivity index (χ4n) is 4.51. The van der Waals surface area contributed by atoms with E-state index in [9.17, 15) is 23.1 Å². The van der Waals surface area contributed by atoms with E-state index in [0.717, 1.165) is 11.1 Å². The van der Waals surface area contributed by atoms with Crippen LogP contribution < -0.4 is 15.5 Å². The zero-order valence-electron chi connectivity index (χ0n) is 21.0. The van der Waals surface area contributed by atoms with Crippen LogP contribution in [-0.2, 0) is 4.74 Å². The van der Waals surface area contributed by atoms with Crippen molar-refractivity contribution >= 4 is 23.5 Å². The minimum absolute atomic E-state index is 0.0805. The molecule has 2 fully saturated rings. The van der Waals surface area contributed by atoms with Crippen LogP contribution in [0.1, 0.15) is 25.3 Å². The molecule has 3 heterocycles. The van der Waals surface area contributed by atoms with E-state index < -0.39 is 30.7 Å². The Labute approximate surface area is 214 Å². The van der Waals surface area contributed by atoms with Crippen molar-refractivity contribution < 1.29 is 27.8 Å². The van der Waals surface area contributed by atoms with Crippen molar-refractivity contribution in [1.82, 2.24) is 14.9 Å². The number of hydrogen-bond donors (Lipinski definition) is 3. The zero-order chi connectivity index (χ0) is 26.6. The Balaban J connectivity index is 1.54. The van der Waals surface area contributed by atoms with Crippen molar-refractivity contribution in [3.63, 3.8) is 0 Å². The number of alkyl halides is 3. The number of halogens is 3. The van der Waals surface area contributed by atoms with Gasteiger partial charge < -0.3 is 30.3 Å². The molecule has 0 radical (unpaired) electrons. The molecule has 0 saturated carbocycles. The minimum atomic E-state index is -4.23. The van der Waals surface area contributed by atoms with Crippen molar-refractivity contribution in [2.75, 3.05) is 61.5 Å². The third-order valence-electron chi connectivity index (χ3n) is 6.44. The summed E-state index contributed by atoms with van der Waals surface area (Å²) in [6, 6.07) is 6.80. The predicted octanol–water partition coefficient (Wildman–Crippen LogP) is 3.89. The first-order valence-electron chi connectivity index (χ1n) is 12.4. The number of aliphatic hydroxyl groups excluding tert-OH is 1. The topological polar surface area (TPSA) is 103 Å². The van der Waals surface area contributed by atoms with Crippen molar-refractivity contribution in [2.24, 2.45) is 5.92 Å². The van der Waals surface area contributed by atoms with Crippen LogP contribution in [0, 0.1) is 12.8 Å². The van der Waals surface area contributed by atoms with Crippen LogP contribution in [0.15, 0.2) is 24.3 Å². The van der Waals surface area contributed by atoms with Gasteiger partial charge in [-0.15, -0.1) is 0 Å². The Hall–Kier alpha value is -3.12. The highest BCUT2D eigenvalue weighted by molar-refractivity contribution is 5.90. The molecule has 2 saturated heterocycles. The standard InChI is InChI=1S/C25H33F3N6O3/c1-16-3-4-19(30-24(36)34-6-5-18(15-34)13-25(26,27)28)11-20(16)21-12-22(29-14-17(2)35)32-23(31-21)33-7-9-37-10-8-33/h3-4,11-12,17-18,35H,5-10,13-15H2,1-2H3,(H,30,36)(H,29,31,32)/t17-,18-/m1/s1.